The van der Waals surface area contributed by atoms with Gasteiger partial charge in [-0.1, -0.05) is 6.07 Å². The third kappa shape index (κ3) is 4.68. The fourth-order valence-electron chi connectivity index (χ4n) is 4.19. The Bertz CT molecular complexity index is 876. The molecule has 2 aliphatic heterocycles. The lowest BCUT2D eigenvalue weighted by Gasteiger charge is -2.32. The fourth-order valence-corrected chi connectivity index (χ4v) is 4.19. The third-order valence-corrected chi connectivity index (χ3v) is 7.09. The molecule has 3 aliphatic rings. The molecule has 1 atom stereocenters. The monoisotopic (exact) mass is 442 g/mol. The van der Waals surface area contributed by atoms with E-state index in [1.54, 1.807) is 7.11 Å². The van der Waals surface area contributed by atoms with Crippen LogP contribution in [0.4, 0.5) is 5.82 Å². The van der Waals surface area contributed by atoms with Gasteiger partial charge in [0.1, 0.15) is 5.82 Å². The number of allylic oxidation sites excluding steroid dienone is 2. The largest absolute Gasteiger partial charge is 0.498 e. The molecule has 1 unspecified atom stereocenters. The van der Waals surface area contributed by atoms with Gasteiger partial charge in [0.15, 0.2) is 11.5 Å². The summed E-state index contributed by atoms with van der Waals surface area (Å²) in [6.45, 7) is 10.4. The van der Waals surface area contributed by atoms with E-state index in [2.05, 4.69) is 17.1 Å². The summed E-state index contributed by atoms with van der Waals surface area (Å²) in [5.41, 5.74) is 7.14. The molecule has 0 saturated carbocycles. The van der Waals surface area contributed by atoms with Crippen molar-refractivity contribution in [3.8, 4) is 0 Å². The quantitative estimate of drug-likeness (QED) is 0.677. The number of hydrogen-bond donors (Lipinski definition) is 1. The maximum absolute atomic E-state index is 6.21. The zero-order chi connectivity index (χ0) is 22.9. The van der Waals surface area contributed by atoms with Crippen molar-refractivity contribution in [2.24, 2.45) is 5.92 Å². The number of rotatable bonds is 6. The normalized spacial score (nSPS) is 25.3. The fraction of sp³-hybridized carbons (Fsp3) is 0.625. The van der Waals surface area contributed by atoms with E-state index >= 15 is 0 Å². The van der Waals surface area contributed by atoms with Crippen LogP contribution in [0.1, 0.15) is 58.4 Å². The van der Waals surface area contributed by atoms with Crippen LogP contribution in [0.25, 0.3) is 0 Å². The first-order valence-corrected chi connectivity index (χ1v) is 11.5. The van der Waals surface area contributed by atoms with Crippen LogP contribution in [0.5, 0.6) is 0 Å². The van der Waals surface area contributed by atoms with E-state index in [1.165, 1.54) is 0 Å². The molecular weight excluding hydrogens is 407 g/mol. The van der Waals surface area contributed by atoms with Crippen LogP contribution in [0.15, 0.2) is 35.9 Å². The van der Waals surface area contributed by atoms with Crippen molar-refractivity contribution >= 4 is 18.4 Å². The van der Waals surface area contributed by atoms with Crippen molar-refractivity contribution in [2.75, 3.05) is 32.7 Å². The Morgan fingerprint density at radius 3 is 2.47 bits per heavy atom. The highest BCUT2D eigenvalue weighted by molar-refractivity contribution is 6.63. The Morgan fingerprint density at radius 2 is 1.81 bits per heavy atom. The molecule has 8 heteroatoms. The SMILES string of the molecule is COC1=CC(c2cnc(N)c(B3OC(C)(C)C(C)(C)O3)c2)CC=C1OCC1CCOCC1. The topological polar surface area (TPSA) is 85.1 Å². The van der Waals surface area contributed by atoms with E-state index in [4.69, 9.17) is 29.3 Å². The van der Waals surface area contributed by atoms with Gasteiger partial charge in [-0.3, -0.25) is 0 Å². The van der Waals surface area contributed by atoms with Gasteiger partial charge >= 0.3 is 7.12 Å². The summed E-state index contributed by atoms with van der Waals surface area (Å²) in [5.74, 6) is 2.63. The lowest BCUT2D eigenvalue weighted by molar-refractivity contribution is 0.00578. The molecule has 1 aliphatic carbocycles. The van der Waals surface area contributed by atoms with Crippen molar-refractivity contribution in [3.63, 3.8) is 0 Å². The Kier molecular flexibility index (Phi) is 6.57. The number of aromatic nitrogens is 1. The zero-order valence-corrected chi connectivity index (χ0v) is 19.8. The molecule has 4 rings (SSSR count). The van der Waals surface area contributed by atoms with Gasteiger partial charge in [0.05, 0.1) is 24.9 Å². The van der Waals surface area contributed by atoms with E-state index in [9.17, 15) is 0 Å². The number of anilines is 1. The molecule has 1 aromatic heterocycles. The average molecular weight is 442 g/mol. The highest BCUT2D eigenvalue weighted by Crippen LogP contribution is 2.37. The van der Waals surface area contributed by atoms with E-state index in [1.807, 2.05) is 40.0 Å². The summed E-state index contributed by atoms with van der Waals surface area (Å²) in [6, 6.07) is 2.04. The highest BCUT2D eigenvalue weighted by atomic mass is 16.7. The van der Waals surface area contributed by atoms with Crippen molar-refractivity contribution in [1.29, 1.82) is 0 Å². The molecule has 0 amide bonds. The minimum absolute atomic E-state index is 0.106. The molecule has 0 bridgehead atoms. The van der Waals surface area contributed by atoms with Gasteiger partial charge in [-0.05, 0) is 70.6 Å². The molecule has 2 N–H and O–H groups in total. The van der Waals surface area contributed by atoms with Gasteiger partial charge in [0.2, 0.25) is 0 Å². The summed E-state index contributed by atoms with van der Waals surface area (Å²) in [4.78, 5) is 4.45. The minimum atomic E-state index is -0.546. The number of nitrogens with zero attached hydrogens (tertiary/aromatic N) is 1. The van der Waals surface area contributed by atoms with Crippen LogP contribution < -0.4 is 11.2 Å². The van der Waals surface area contributed by atoms with E-state index < -0.39 is 18.3 Å². The summed E-state index contributed by atoms with van der Waals surface area (Å²) in [5, 5.41) is 0. The number of hydrogen-bond acceptors (Lipinski definition) is 7. The van der Waals surface area contributed by atoms with Crippen LogP contribution in [-0.2, 0) is 23.5 Å². The summed E-state index contributed by atoms with van der Waals surface area (Å²) < 4.78 is 29.6. The van der Waals surface area contributed by atoms with Crippen molar-refractivity contribution in [1.82, 2.24) is 4.98 Å². The average Bonchev–Trinajstić information content (AvgIpc) is 3.00. The van der Waals surface area contributed by atoms with Gasteiger partial charge in [-0.2, -0.15) is 0 Å². The number of nitrogen functional groups attached to an aromatic ring is 1. The number of methoxy groups -OCH3 is 1. The molecule has 2 saturated heterocycles. The van der Waals surface area contributed by atoms with E-state index in [-0.39, 0.29) is 5.92 Å². The van der Waals surface area contributed by atoms with Gasteiger partial charge in [0.25, 0.3) is 0 Å². The molecule has 0 radical (unpaired) electrons. The van der Waals surface area contributed by atoms with Crippen molar-refractivity contribution in [3.05, 3.63) is 41.5 Å². The summed E-state index contributed by atoms with van der Waals surface area (Å²) >= 11 is 0. The molecule has 7 nitrogen and oxygen atoms in total. The minimum Gasteiger partial charge on any atom is -0.493 e. The third-order valence-electron chi connectivity index (χ3n) is 7.09. The molecule has 174 valence electrons. The van der Waals surface area contributed by atoms with E-state index in [0.29, 0.717) is 18.3 Å². The van der Waals surface area contributed by atoms with Crippen LogP contribution >= 0.6 is 0 Å². The Morgan fingerprint density at radius 1 is 1.12 bits per heavy atom. The molecule has 2 fully saturated rings. The van der Waals surface area contributed by atoms with Crippen molar-refractivity contribution in [2.45, 2.75) is 64.1 Å². The molecule has 0 spiro atoms. The first-order chi connectivity index (χ1) is 15.2. The van der Waals surface area contributed by atoms with Gasteiger partial charge in [0, 0.05) is 30.8 Å². The maximum atomic E-state index is 6.21. The molecular formula is C24H35BN2O5. The zero-order valence-electron chi connectivity index (χ0n) is 19.8. The molecule has 3 heterocycles. The number of nitrogens with two attached hydrogens (primary N) is 1. The smallest absolute Gasteiger partial charge is 0.493 e. The standard InChI is InChI=1S/C24H35BN2O5/c1-23(2)24(3,4)32-25(31-23)19-12-18(14-27-22(19)26)17-6-7-20(21(13-17)28-5)30-15-16-8-10-29-11-9-16/h7,12-14,16-17H,6,8-11,15H2,1-5H3,(H2,26,27). The second-order valence-electron chi connectivity index (χ2n) is 9.84. The van der Waals surface area contributed by atoms with Crippen LogP contribution in [0, 0.1) is 5.92 Å². The predicted octanol–water partition coefficient (Wildman–Crippen LogP) is 3.31. The first kappa shape index (κ1) is 23.1. The van der Waals surface area contributed by atoms with Crippen molar-refractivity contribution < 1.29 is 23.5 Å². The maximum Gasteiger partial charge on any atom is 0.498 e. The van der Waals surface area contributed by atoms with Gasteiger partial charge in [-0.15, -0.1) is 0 Å². The number of pyridine rings is 1. The van der Waals surface area contributed by atoms with Crippen LogP contribution in [0.3, 0.4) is 0 Å². The Labute approximate surface area is 191 Å². The number of ether oxygens (including phenoxy) is 3. The molecule has 32 heavy (non-hydrogen) atoms. The second kappa shape index (κ2) is 9.08. The summed E-state index contributed by atoms with van der Waals surface area (Å²) in [6.07, 6.45) is 8.90. The lowest BCUT2D eigenvalue weighted by Crippen LogP contribution is -2.41. The first-order valence-electron chi connectivity index (χ1n) is 11.5. The Hall–Kier alpha value is -2.03. The molecule has 0 aromatic carbocycles. The van der Waals surface area contributed by atoms with Gasteiger partial charge in [-0.25, -0.2) is 4.98 Å². The summed E-state index contributed by atoms with van der Waals surface area (Å²) in [7, 11) is 1.13. The lowest BCUT2D eigenvalue weighted by atomic mass is 9.77. The van der Waals surface area contributed by atoms with Gasteiger partial charge < -0.3 is 29.3 Å². The predicted molar refractivity (Wildman–Crippen MR) is 124 cm³/mol. The van der Waals surface area contributed by atoms with Crippen LogP contribution in [-0.4, -0.2) is 50.2 Å². The second-order valence-corrected chi connectivity index (χ2v) is 9.84. The van der Waals surface area contributed by atoms with Crippen LogP contribution in [0.2, 0.25) is 0 Å². The van der Waals surface area contributed by atoms with E-state index in [0.717, 1.165) is 55.0 Å². The highest BCUT2D eigenvalue weighted by Gasteiger charge is 2.52. The molecule has 1 aromatic rings. The Balaban J connectivity index is 1.48.